The highest BCUT2D eigenvalue weighted by Gasteiger charge is 2.52. The second-order valence-electron chi connectivity index (χ2n) is 6.81. The molecule has 4 nitrogen and oxygen atoms in total. The second-order valence-corrected chi connectivity index (χ2v) is 6.81. The van der Waals surface area contributed by atoms with Crippen LogP contribution in [0, 0.1) is 6.92 Å². The molecule has 0 unspecified atom stereocenters. The molecule has 0 atom stereocenters. The predicted molar refractivity (Wildman–Crippen MR) is 88.2 cm³/mol. The molecule has 2 N–H and O–H groups in total. The molecule has 120 valence electrons. The van der Waals surface area contributed by atoms with Crippen molar-refractivity contribution in [3.05, 3.63) is 40.4 Å². The van der Waals surface area contributed by atoms with Gasteiger partial charge in [-0.05, 0) is 62.8 Å². The van der Waals surface area contributed by atoms with Crippen LogP contribution in [0.1, 0.15) is 44.4 Å². The highest BCUT2D eigenvalue weighted by Crippen LogP contribution is 2.38. The molecule has 0 aliphatic carbocycles. The molecule has 0 radical (unpaired) electrons. The van der Waals surface area contributed by atoms with E-state index >= 15 is 0 Å². The maximum atomic E-state index is 9.69. The van der Waals surface area contributed by atoms with Gasteiger partial charge in [-0.25, -0.2) is 0 Å². The van der Waals surface area contributed by atoms with Crippen molar-refractivity contribution in [3.8, 4) is 0 Å². The van der Waals surface area contributed by atoms with Crippen LogP contribution in [-0.4, -0.2) is 35.1 Å². The van der Waals surface area contributed by atoms with E-state index in [0.717, 1.165) is 16.7 Å². The van der Waals surface area contributed by atoms with Crippen LogP contribution in [0.4, 0.5) is 0 Å². The number of aryl methyl sites for hydroxylation is 1. The maximum Gasteiger partial charge on any atom is 0.492 e. The number of aliphatic hydroxyl groups is 2. The van der Waals surface area contributed by atoms with Gasteiger partial charge in [-0.1, -0.05) is 18.2 Å². The van der Waals surface area contributed by atoms with Gasteiger partial charge < -0.3 is 19.5 Å². The average Bonchev–Trinajstić information content (AvgIpc) is 2.66. The Balaban J connectivity index is 2.29. The largest absolute Gasteiger partial charge is 0.492 e. The van der Waals surface area contributed by atoms with Crippen molar-refractivity contribution in [1.82, 2.24) is 0 Å². The van der Waals surface area contributed by atoms with Gasteiger partial charge in [0, 0.05) is 0 Å². The summed E-state index contributed by atoms with van der Waals surface area (Å²) in [4.78, 5) is 0. The molecule has 0 saturated carbocycles. The summed E-state index contributed by atoms with van der Waals surface area (Å²) in [5.74, 6) is 0. The molecule has 0 spiro atoms. The van der Waals surface area contributed by atoms with E-state index in [9.17, 15) is 10.2 Å². The molecule has 1 aliphatic rings. The second kappa shape index (κ2) is 6.16. The van der Waals surface area contributed by atoms with Crippen molar-refractivity contribution in [2.75, 3.05) is 6.61 Å². The van der Waals surface area contributed by atoms with Crippen molar-refractivity contribution in [1.29, 1.82) is 0 Å². The minimum atomic E-state index is -0.561. The Morgan fingerprint density at radius 1 is 1.14 bits per heavy atom. The van der Waals surface area contributed by atoms with E-state index in [0.29, 0.717) is 5.47 Å². The molecule has 0 amide bonds. The number of benzene rings is 1. The zero-order valence-corrected chi connectivity index (χ0v) is 14.0. The minimum absolute atomic E-state index is 0.00153. The van der Waals surface area contributed by atoms with E-state index in [1.807, 2.05) is 58.9 Å². The Labute approximate surface area is 132 Å². The van der Waals surface area contributed by atoms with Crippen LogP contribution in [-0.2, 0) is 15.9 Å². The summed E-state index contributed by atoms with van der Waals surface area (Å²) in [7, 11) is -0.561. The number of hydrogen-bond acceptors (Lipinski definition) is 4. The molecule has 1 saturated heterocycles. The molecule has 22 heavy (non-hydrogen) atoms. The summed E-state index contributed by atoms with van der Waals surface area (Å²) in [6, 6.07) is 5.82. The lowest BCUT2D eigenvalue weighted by Crippen LogP contribution is -2.41. The van der Waals surface area contributed by atoms with E-state index < -0.39 is 18.3 Å². The summed E-state index contributed by atoms with van der Waals surface area (Å²) in [5, 5.41) is 19.1. The van der Waals surface area contributed by atoms with Gasteiger partial charge in [0.05, 0.1) is 24.4 Å². The monoisotopic (exact) mass is 304 g/mol. The maximum absolute atomic E-state index is 9.69. The zero-order chi connectivity index (χ0) is 16.5. The third-order valence-electron chi connectivity index (χ3n) is 4.63. The molecule has 2 rings (SSSR count). The SMILES string of the molecule is Cc1ccc(C=C(CO)B2OC(C)(C)C(C)(C)O2)cc1CO. The quantitative estimate of drug-likeness (QED) is 0.839. The van der Waals surface area contributed by atoms with E-state index in [1.165, 1.54) is 0 Å². The lowest BCUT2D eigenvalue weighted by atomic mass is 9.77. The Kier molecular flexibility index (Phi) is 4.83. The van der Waals surface area contributed by atoms with E-state index in [-0.39, 0.29) is 13.2 Å². The molecule has 5 heteroatoms. The van der Waals surface area contributed by atoms with Crippen LogP contribution >= 0.6 is 0 Å². The normalized spacial score (nSPS) is 20.5. The van der Waals surface area contributed by atoms with Crippen LogP contribution in [0.25, 0.3) is 6.08 Å². The predicted octanol–water partition coefficient (Wildman–Crippen LogP) is 2.49. The average molecular weight is 304 g/mol. The fraction of sp³-hybridized carbons (Fsp3) is 0.529. The van der Waals surface area contributed by atoms with Gasteiger partial charge in [0.2, 0.25) is 0 Å². The smallest absolute Gasteiger partial charge is 0.400 e. The van der Waals surface area contributed by atoms with Crippen molar-refractivity contribution < 1.29 is 19.5 Å². The first kappa shape index (κ1) is 17.2. The number of hydrogen-bond donors (Lipinski definition) is 2. The Morgan fingerprint density at radius 2 is 1.73 bits per heavy atom. The molecule has 1 aliphatic heterocycles. The van der Waals surface area contributed by atoms with E-state index in [4.69, 9.17) is 9.31 Å². The van der Waals surface area contributed by atoms with Gasteiger partial charge in [-0.15, -0.1) is 0 Å². The van der Waals surface area contributed by atoms with Crippen LogP contribution < -0.4 is 0 Å². The standard InChI is InChI=1S/C17H25BO4/c1-12-6-7-13(8-14(12)10-19)9-15(11-20)18-21-16(2,3)17(4,5)22-18/h6-9,19-20H,10-11H2,1-5H3. The molecular weight excluding hydrogens is 279 g/mol. The van der Waals surface area contributed by atoms with E-state index in [1.54, 1.807) is 0 Å². The van der Waals surface area contributed by atoms with Gasteiger partial charge in [-0.2, -0.15) is 0 Å². The van der Waals surface area contributed by atoms with Crippen LogP contribution in [0.5, 0.6) is 0 Å². The molecule has 1 heterocycles. The van der Waals surface area contributed by atoms with Crippen molar-refractivity contribution >= 4 is 13.2 Å². The summed E-state index contributed by atoms with van der Waals surface area (Å²) >= 11 is 0. The number of rotatable bonds is 4. The fourth-order valence-electron chi connectivity index (χ4n) is 2.35. The first-order chi connectivity index (χ1) is 10.2. The minimum Gasteiger partial charge on any atom is -0.400 e. The highest BCUT2D eigenvalue weighted by atomic mass is 16.7. The lowest BCUT2D eigenvalue weighted by molar-refractivity contribution is 0.00578. The summed E-state index contributed by atoms with van der Waals surface area (Å²) in [5.41, 5.74) is 2.63. The van der Waals surface area contributed by atoms with E-state index in [2.05, 4.69) is 0 Å². The highest BCUT2D eigenvalue weighted by molar-refractivity contribution is 6.55. The van der Waals surface area contributed by atoms with Crippen molar-refractivity contribution in [3.63, 3.8) is 0 Å². The van der Waals surface area contributed by atoms with Gasteiger partial charge in [-0.3, -0.25) is 0 Å². The van der Waals surface area contributed by atoms with Crippen LogP contribution in [0.15, 0.2) is 23.7 Å². The van der Waals surface area contributed by atoms with Crippen molar-refractivity contribution in [2.45, 2.75) is 52.4 Å². The molecule has 1 fully saturated rings. The Hall–Kier alpha value is -1.14. The van der Waals surface area contributed by atoms with Gasteiger partial charge >= 0.3 is 7.12 Å². The third-order valence-corrected chi connectivity index (χ3v) is 4.63. The fourth-order valence-corrected chi connectivity index (χ4v) is 2.35. The van der Waals surface area contributed by atoms with Gasteiger partial charge in [0.15, 0.2) is 0 Å². The third kappa shape index (κ3) is 3.28. The first-order valence-corrected chi connectivity index (χ1v) is 7.57. The first-order valence-electron chi connectivity index (χ1n) is 7.57. The Morgan fingerprint density at radius 3 is 2.23 bits per heavy atom. The van der Waals surface area contributed by atoms with Gasteiger partial charge in [0.1, 0.15) is 0 Å². The summed E-state index contributed by atoms with van der Waals surface area (Å²) < 4.78 is 11.9. The van der Waals surface area contributed by atoms with Crippen LogP contribution in [0.2, 0.25) is 0 Å². The zero-order valence-electron chi connectivity index (χ0n) is 14.0. The molecular formula is C17H25BO4. The summed E-state index contributed by atoms with van der Waals surface area (Å²) in [6.07, 6.45) is 1.86. The molecule has 0 aromatic heterocycles. The lowest BCUT2D eigenvalue weighted by Gasteiger charge is -2.32. The molecule has 1 aromatic rings. The summed E-state index contributed by atoms with van der Waals surface area (Å²) in [6.45, 7) is 9.75. The topological polar surface area (TPSA) is 58.9 Å². The Bertz CT molecular complexity index is 562. The van der Waals surface area contributed by atoms with Gasteiger partial charge in [0.25, 0.3) is 0 Å². The number of aliphatic hydroxyl groups excluding tert-OH is 2. The van der Waals surface area contributed by atoms with Crippen molar-refractivity contribution in [2.24, 2.45) is 0 Å². The van der Waals surface area contributed by atoms with Crippen LogP contribution in [0.3, 0.4) is 0 Å². The molecule has 1 aromatic carbocycles. The molecule has 0 bridgehead atoms.